The number of carbonyl (C=O) groups excluding carboxylic acids is 1. The molecule has 2 aromatic rings. The van der Waals surface area contributed by atoms with Crippen molar-refractivity contribution >= 4 is 50.6 Å². The number of benzene rings is 1. The lowest BCUT2D eigenvalue weighted by molar-refractivity contribution is -0.128. The van der Waals surface area contributed by atoms with E-state index in [4.69, 9.17) is 5.73 Å². The maximum absolute atomic E-state index is 12.3. The fraction of sp³-hybridized carbons (Fsp3) is 0.267. The molecule has 3 nitrogen and oxygen atoms in total. The minimum absolute atomic E-state index is 0.156. The molecule has 0 spiro atoms. The van der Waals surface area contributed by atoms with Crippen LogP contribution in [0.3, 0.4) is 0 Å². The quantitative estimate of drug-likeness (QED) is 0.598. The van der Waals surface area contributed by atoms with Crippen LogP contribution >= 0.6 is 39.0 Å². The molecule has 2 rings (SSSR count). The lowest BCUT2D eigenvalue weighted by Crippen LogP contribution is -2.31. The minimum atomic E-state index is 0.156. The Hall–Kier alpha value is -0.980. The molecule has 1 heterocycles. The van der Waals surface area contributed by atoms with Gasteiger partial charge in [0.2, 0.25) is 5.91 Å². The Morgan fingerprint density at radius 2 is 2.00 bits per heavy atom. The molecule has 6 heteroatoms. The predicted octanol–water partition coefficient (Wildman–Crippen LogP) is 4.23. The molecule has 0 saturated carbocycles. The molecular weight excluding hydrogens is 368 g/mol. The van der Waals surface area contributed by atoms with Crippen molar-refractivity contribution in [3.8, 4) is 0 Å². The van der Waals surface area contributed by atoms with E-state index >= 15 is 0 Å². The summed E-state index contributed by atoms with van der Waals surface area (Å²) in [6, 6.07) is 11.7. The summed E-state index contributed by atoms with van der Waals surface area (Å²) in [7, 11) is 0. The van der Waals surface area contributed by atoms with Crippen LogP contribution in [-0.2, 0) is 11.3 Å². The molecule has 21 heavy (non-hydrogen) atoms. The van der Waals surface area contributed by atoms with Crippen LogP contribution < -0.4 is 5.73 Å². The molecule has 0 saturated heterocycles. The van der Waals surface area contributed by atoms with Crippen molar-refractivity contribution in [1.29, 1.82) is 0 Å². The number of thiophene rings is 1. The van der Waals surface area contributed by atoms with Crippen LogP contribution in [0.5, 0.6) is 0 Å². The van der Waals surface area contributed by atoms with Gasteiger partial charge in [-0.3, -0.25) is 4.79 Å². The predicted molar refractivity (Wildman–Crippen MR) is 94.7 cm³/mol. The summed E-state index contributed by atoms with van der Waals surface area (Å²) in [4.78, 5) is 16.4. The van der Waals surface area contributed by atoms with E-state index in [1.807, 2.05) is 42.2 Å². The zero-order valence-electron chi connectivity index (χ0n) is 11.7. The summed E-state index contributed by atoms with van der Waals surface area (Å²) in [6.07, 6.45) is 0. The van der Waals surface area contributed by atoms with Gasteiger partial charge in [0.15, 0.2) is 0 Å². The smallest absolute Gasteiger partial charge is 0.233 e. The molecule has 0 aliphatic heterocycles. The van der Waals surface area contributed by atoms with Crippen molar-refractivity contribution < 1.29 is 4.79 Å². The van der Waals surface area contributed by atoms with Crippen LogP contribution in [-0.4, -0.2) is 23.1 Å². The van der Waals surface area contributed by atoms with Crippen molar-refractivity contribution in [2.24, 2.45) is 0 Å². The summed E-state index contributed by atoms with van der Waals surface area (Å²) in [6.45, 7) is 3.40. The number of anilines is 1. The highest BCUT2D eigenvalue weighted by molar-refractivity contribution is 9.11. The molecule has 1 aromatic carbocycles. The monoisotopic (exact) mass is 384 g/mol. The first-order chi connectivity index (χ1) is 10.1. The number of carbonyl (C=O) groups is 1. The third kappa shape index (κ3) is 5.05. The van der Waals surface area contributed by atoms with Gasteiger partial charge in [-0.25, -0.2) is 0 Å². The summed E-state index contributed by atoms with van der Waals surface area (Å²) in [5.74, 6) is 0.605. The topological polar surface area (TPSA) is 46.3 Å². The number of nitrogen functional groups attached to an aromatic ring is 1. The molecule has 2 N–H and O–H groups in total. The Balaban J connectivity index is 1.89. The van der Waals surface area contributed by atoms with Crippen molar-refractivity contribution in [3.63, 3.8) is 0 Å². The summed E-state index contributed by atoms with van der Waals surface area (Å²) < 4.78 is 1.09. The van der Waals surface area contributed by atoms with E-state index in [1.54, 1.807) is 23.1 Å². The molecule has 112 valence electrons. The van der Waals surface area contributed by atoms with Gasteiger partial charge in [0, 0.05) is 22.0 Å². The highest BCUT2D eigenvalue weighted by Crippen LogP contribution is 2.24. The fourth-order valence-electron chi connectivity index (χ4n) is 1.80. The molecule has 1 aromatic heterocycles. The van der Waals surface area contributed by atoms with Gasteiger partial charge in [-0.1, -0.05) is 0 Å². The number of thioether (sulfide) groups is 1. The lowest BCUT2D eigenvalue weighted by Gasteiger charge is -2.20. The zero-order valence-corrected chi connectivity index (χ0v) is 14.9. The summed E-state index contributed by atoms with van der Waals surface area (Å²) >= 11 is 6.66. The Bertz CT molecular complexity index is 598. The summed E-state index contributed by atoms with van der Waals surface area (Å²) in [5.41, 5.74) is 6.39. The number of halogens is 1. The summed E-state index contributed by atoms with van der Waals surface area (Å²) in [5, 5.41) is 0. The number of nitrogens with zero attached hydrogens (tertiary/aromatic N) is 1. The first-order valence-electron chi connectivity index (χ1n) is 6.59. The molecule has 0 bridgehead atoms. The van der Waals surface area contributed by atoms with Crippen molar-refractivity contribution in [1.82, 2.24) is 4.90 Å². The molecule has 0 aliphatic rings. The highest BCUT2D eigenvalue weighted by atomic mass is 79.9. The van der Waals surface area contributed by atoms with E-state index in [0.29, 0.717) is 12.3 Å². The van der Waals surface area contributed by atoms with Gasteiger partial charge in [0.1, 0.15) is 0 Å². The van der Waals surface area contributed by atoms with Gasteiger partial charge in [0.25, 0.3) is 0 Å². The second-order valence-corrected chi connectivity index (χ2v) is 8.07. The van der Waals surface area contributed by atoms with E-state index in [0.717, 1.165) is 20.9 Å². The highest BCUT2D eigenvalue weighted by Gasteiger charge is 2.13. The van der Waals surface area contributed by atoms with Gasteiger partial charge in [-0.05, 0) is 59.3 Å². The second kappa shape index (κ2) is 7.87. The first-order valence-corrected chi connectivity index (χ1v) is 9.18. The number of amides is 1. The minimum Gasteiger partial charge on any atom is -0.399 e. The van der Waals surface area contributed by atoms with E-state index in [-0.39, 0.29) is 5.91 Å². The molecule has 0 fully saturated rings. The first kappa shape index (κ1) is 16.4. The largest absolute Gasteiger partial charge is 0.399 e. The van der Waals surface area contributed by atoms with Crippen LogP contribution in [0.1, 0.15) is 11.8 Å². The van der Waals surface area contributed by atoms with Crippen LogP contribution in [0.4, 0.5) is 5.69 Å². The van der Waals surface area contributed by atoms with Crippen molar-refractivity contribution in [3.05, 3.63) is 45.1 Å². The average molecular weight is 385 g/mol. The number of hydrogen-bond donors (Lipinski definition) is 1. The molecule has 0 atom stereocenters. The van der Waals surface area contributed by atoms with Gasteiger partial charge in [-0.2, -0.15) is 0 Å². The van der Waals surface area contributed by atoms with E-state index < -0.39 is 0 Å². The standard InChI is InChI=1S/C15H17BrN2OS2/c1-2-18(9-13-7-8-14(16)21-13)15(19)10-20-12-5-3-11(17)4-6-12/h3-8H,2,9-10,17H2,1H3. The Morgan fingerprint density at radius 1 is 1.29 bits per heavy atom. The van der Waals surface area contributed by atoms with Gasteiger partial charge < -0.3 is 10.6 Å². The van der Waals surface area contributed by atoms with Gasteiger partial charge in [-0.15, -0.1) is 23.1 Å². The third-order valence-electron chi connectivity index (χ3n) is 2.95. The molecule has 0 aliphatic carbocycles. The number of rotatable bonds is 6. The Labute approximate surface area is 141 Å². The Morgan fingerprint density at radius 3 is 2.57 bits per heavy atom. The second-order valence-electron chi connectivity index (χ2n) is 4.47. The molecule has 0 radical (unpaired) electrons. The van der Waals surface area contributed by atoms with Crippen LogP contribution in [0, 0.1) is 0 Å². The number of nitrogens with two attached hydrogens (primary N) is 1. The molecule has 0 unspecified atom stereocenters. The van der Waals surface area contributed by atoms with Gasteiger partial charge in [0.05, 0.1) is 16.1 Å². The van der Waals surface area contributed by atoms with E-state index in [1.165, 1.54) is 4.88 Å². The van der Waals surface area contributed by atoms with E-state index in [9.17, 15) is 4.79 Å². The molecule has 1 amide bonds. The van der Waals surface area contributed by atoms with Crippen LogP contribution in [0.25, 0.3) is 0 Å². The zero-order chi connectivity index (χ0) is 15.2. The van der Waals surface area contributed by atoms with Crippen LogP contribution in [0.2, 0.25) is 0 Å². The Kier molecular flexibility index (Phi) is 6.14. The average Bonchev–Trinajstić information content (AvgIpc) is 2.89. The van der Waals surface area contributed by atoms with Gasteiger partial charge >= 0.3 is 0 Å². The van der Waals surface area contributed by atoms with Crippen molar-refractivity contribution in [2.75, 3.05) is 18.0 Å². The maximum atomic E-state index is 12.3. The third-order valence-corrected chi connectivity index (χ3v) is 5.56. The maximum Gasteiger partial charge on any atom is 0.233 e. The fourth-order valence-corrected chi connectivity index (χ4v) is 4.10. The van der Waals surface area contributed by atoms with Crippen molar-refractivity contribution in [2.45, 2.75) is 18.4 Å². The molecular formula is C15H17BrN2OS2. The SMILES string of the molecule is CCN(Cc1ccc(Br)s1)C(=O)CSc1ccc(N)cc1. The number of hydrogen-bond acceptors (Lipinski definition) is 4. The van der Waals surface area contributed by atoms with Crippen LogP contribution in [0.15, 0.2) is 45.1 Å². The normalized spacial score (nSPS) is 10.6. The van der Waals surface area contributed by atoms with E-state index in [2.05, 4.69) is 22.0 Å². The lowest BCUT2D eigenvalue weighted by atomic mass is 10.3.